The second-order valence-corrected chi connectivity index (χ2v) is 5.58. The molecule has 1 aliphatic carbocycles. The molecule has 0 aromatic carbocycles. The summed E-state index contributed by atoms with van der Waals surface area (Å²) in [6, 6.07) is 0.163. The summed E-state index contributed by atoms with van der Waals surface area (Å²) >= 11 is 0. The zero-order chi connectivity index (χ0) is 16.2. The van der Waals surface area contributed by atoms with Crippen molar-refractivity contribution in [1.29, 1.82) is 0 Å². The average Bonchev–Trinajstić information content (AvgIpc) is 3.02. The Labute approximate surface area is 133 Å². The summed E-state index contributed by atoms with van der Waals surface area (Å²) in [5, 5.41) is 15.7. The van der Waals surface area contributed by atoms with Gasteiger partial charge in [-0.15, -0.1) is 0 Å². The normalized spacial score (nSPS) is 21.3. The molecule has 0 bridgehead atoms. The van der Waals surface area contributed by atoms with Gasteiger partial charge >= 0.3 is 5.69 Å². The molecule has 1 fully saturated rings. The number of ether oxygens (including phenoxy) is 1. The first kappa shape index (κ1) is 15.5. The lowest BCUT2D eigenvalue weighted by Crippen LogP contribution is -2.24. The molecule has 0 atom stereocenters. The molecule has 0 saturated heterocycles. The van der Waals surface area contributed by atoms with Crippen LogP contribution >= 0.6 is 0 Å². The van der Waals surface area contributed by atoms with Crippen LogP contribution in [0.25, 0.3) is 11.4 Å². The van der Waals surface area contributed by atoms with Gasteiger partial charge in [-0.1, -0.05) is 0 Å². The van der Waals surface area contributed by atoms with Crippen molar-refractivity contribution in [2.75, 3.05) is 6.61 Å². The molecule has 8 nitrogen and oxygen atoms in total. The highest BCUT2D eigenvalue weighted by Gasteiger charge is 2.28. The first-order chi connectivity index (χ1) is 11.2. The van der Waals surface area contributed by atoms with Gasteiger partial charge in [0.05, 0.1) is 23.3 Å². The van der Waals surface area contributed by atoms with E-state index >= 15 is 0 Å². The van der Waals surface area contributed by atoms with Crippen molar-refractivity contribution in [1.82, 2.24) is 19.7 Å². The zero-order valence-corrected chi connectivity index (χ0v) is 13.0. The Kier molecular flexibility index (Phi) is 4.61. The number of aromatic nitrogens is 4. The van der Waals surface area contributed by atoms with Gasteiger partial charge in [-0.2, -0.15) is 5.10 Å². The van der Waals surface area contributed by atoms with Gasteiger partial charge in [-0.25, -0.2) is 0 Å². The van der Waals surface area contributed by atoms with Crippen molar-refractivity contribution in [2.24, 2.45) is 0 Å². The summed E-state index contributed by atoms with van der Waals surface area (Å²) in [6.07, 6.45) is 10.0. The van der Waals surface area contributed by atoms with Crippen LogP contribution in [0.4, 0.5) is 5.69 Å². The fourth-order valence-electron chi connectivity index (χ4n) is 3.02. The number of rotatable bonds is 5. The molecule has 0 unspecified atom stereocenters. The van der Waals surface area contributed by atoms with Crippen LogP contribution in [0.15, 0.2) is 24.8 Å². The van der Waals surface area contributed by atoms with Crippen molar-refractivity contribution in [3.8, 4) is 11.4 Å². The van der Waals surface area contributed by atoms with Crippen LogP contribution in [0.2, 0.25) is 0 Å². The molecule has 2 aromatic rings. The van der Waals surface area contributed by atoms with Crippen molar-refractivity contribution < 1.29 is 9.66 Å². The standard InChI is InChI=1S/C15H19N5O3/c1-2-23-12-5-3-11(4-6-12)19-10-14(20(21)22)15(18-19)13-9-16-7-8-17-13/h7-12H,2-6H2,1H3. The highest BCUT2D eigenvalue weighted by Crippen LogP contribution is 2.33. The van der Waals surface area contributed by atoms with Gasteiger partial charge in [0, 0.05) is 19.0 Å². The minimum atomic E-state index is -0.417. The van der Waals surface area contributed by atoms with E-state index in [1.165, 1.54) is 24.8 Å². The lowest BCUT2D eigenvalue weighted by Gasteiger charge is -2.28. The third-order valence-electron chi connectivity index (χ3n) is 4.14. The van der Waals surface area contributed by atoms with Gasteiger partial charge in [0.15, 0.2) is 5.69 Å². The van der Waals surface area contributed by atoms with E-state index in [2.05, 4.69) is 15.1 Å². The first-order valence-electron chi connectivity index (χ1n) is 7.80. The van der Waals surface area contributed by atoms with E-state index in [1.54, 1.807) is 4.68 Å². The Morgan fingerprint density at radius 3 is 2.74 bits per heavy atom. The molecule has 2 aromatic heterocycles. The second-order valence-electron chi connectivity index (χ2n) is 5.58. The molecule has 1 aliphatic rings. The van der Waals surface area contributed by atoms with E-state index in [9.17, 15) is 10.1 Å². The highest BCUT2D eigenvalue weighted by atomic mass is 16.6. The fraction of sp³-hybridized carbons (Fsp3) is 0.533. The molecular weight excluding hydrogens is 298 g/mol. The highest BCUT2D eigenvalue weighted by molar-refractivity contribution is 5.64. The van der Waals surface area contributed by atoms with Crippen LogP contribution in [0.5, 0.6) is 0 Å². The first-order valence-corrected chi connectivity index (χ1v) is 7.80. The maximum atomic E-state index is 11.3. The Bertz CT molecular complexity index is 665. The summed E-state index contributed by atoms with van der Waals surface area (Å²) in [4.78, 5) is 19.0. The third-order valence-corrected chi connectivity index (χ3v) is 4.14. The Balaban J connectivity index is 1.83. The van der Waals surface area contributed by atoms with E-state index in [1.807, 2.05) is 6.92 Å². The van der Waals surface area contributed by atoms with Crippen LogP contribution in [0, 0.1) is 10.1 Å². The lowest BCUT2D eigenvalue weighted by atomic mass is 9.93. The lowest BCUT2D eigenvalue weighted by molar-refractivity contribution is -0.384. The zero-order valence-electron chi connectivity index (χ0n) is 13.0. The molecule has 0 aliphatic heterocycles. The largest absolute Gasteiger partial charge is 0.379 e. The van der Waals surface area contributed by atoms with Crippen molar-refractivity contribution in [2.45, 2.75) is 44.8 Å². The van der Waals surface area contributed by atoms with Crippen LogP contribution < -0.4 is 0 Å². The van der Waals surface area contributed by atoms with E-state index in [0.29, 0.717) is 11.8 Å². The maximum Gasteiger partial charge on any atom is 0.316 e. The van der Waals surface area contributed by atoms with Crippen LogP contribution in [0.1, 0.15) is 38.6 Å². The summed E-state index contributed by atoms with van der Waals surface area (Å²) in [5.41, 5.74) is 0.661. The molecule has 2 heterocycles. The van der Waals surface area contributed by atoms with Gasteiger partial charge < -0.3 is 4.74 Å². The summed E-state index contributed by atoms with van der Waals surface area (Å²) < 4.78 is 7.36. The average molecular weight is 317 g/mol. The Morgan fingerprint density at radius 2 is 2.13 bits per heavy atom. The molecule has 8 heteroatoms. The molecule has 0 spiro atoms. The van der Waals surface area contributed by atoms with Gasteiger partial charge in [0.1, 0.15) is 11.9 Å². The second kappa shape index (κ2) is 6.82. The Morgan fingerprint density at radius 1 is 1.35 bits per heavy atom. The molecule has 3 rings (SSSR count). The van der Waals surface area contributed by atoms with Gasteiger partial charge in [-0.05, 0) is 32.6 Å². The van der Waals surface area contributed by atoms with E-state index in [4.69, 9.17) is 4.74 Å². The summed E-state index contributed by atoms with van der Waals surface area (Å²) in [5.74, 6) is 0. The number of hydrogen-bond donors (Lipinski definition) is 0. The van der Waals surface area contributed by atoms with E-state index in [0.717, 1.165) is 32.3 Å². The quantitative estimate of drug-likeness (QED) is 0.621. The predicted octanol–water partition coefficient (Wildman–Crippen LogP) is 2.77. The molecule has 122 valence electrons. The van der Waals surface area contributed by atoms with Gasteiger partial charge in [-0.3, -0.25) is 24.8 Å². The van der Waals surface area contributed by atoms with Crippen molar-refractivity contribution in [3.63, 3.8) is 0 Å². The molecule has 0 amide bonds. The monoisotopic (exact) mass is 317 g/mol. The molecule has 0 N–H and O–H groups in total. The van der Waals surface area contributed by atoms with E-state index < -0.39 is 4.92 Å². The minimum absolute atomic E-state index is 0.0302. The number of nitro groups is 1. The SMILES string of the molecule is CCOC1CCC(n2cc([N+](=O)[O-])c(-c3cnccn3)n2)CC1. The molecule has 1 saturated carbocycles. The van der Waals surface area contributed by atoms with Crippen LogP contribution in [-0.4, -0.2) is 37.4 Å². The number of hydrogen-bond acceptors (Lipinski definition) is 6. The molecular formula is C15H19N5O3. The predicted molar refractivity (Wildman–Crippen MR) is 82.8 cm³/mol. The molecule has 0 radical (unpaired) electrons. The van der Waals surface area contributed by atoms with Crippen LogP contribution in [-0.2, 0) is 4.74 Å². The van der Waals surface area contributed by atoms with Crippen molar-refractivity contribution >= 4 is 5.69 Å². The molecule has 23 heavy (non-hydrogen) atoms. The van der Waals surface area contributed by atoms with Gasteiger partial charge in [0.2, 0.25) is 0 Å². The fourth-order valence-corrected chi connectivity index (χ4v) is 3.02. The summed E-state index contributed by atoms with van der Waals surface area (Å²) in [7, 11) is 0. The number of nitrogens with zero attached hydrogens (tertiary/aromatic N) is 5. The van der Waals surface area contributed by atoms with Gasteiger partial charge in [0.25, 0.3) is 0 Å². The summed E-state index contributed by atoms with van der Waals surface area (Å²) in [6.45, 7) is 2.72. The maximum absolute atomic E-state index is 11.3. The smallest absolute Gasteiger partial charge is 0.316 e. The third kappa shape index (κ3) is 3.37. The topological polar surface area (TPSA) is 96.0 Å². The minimum Gasteiger partial charge on any atom is -0.379 e. The van der Waals surface area contributed by atoms with Crippen molar-refractivity contribution in [3.05, 3.63) is 34.9 Å². The van der Waals surface area contributed by atoms with E-state index in [-0.39, 0.29) is 17.4 Å². The Hall–Kier alpha value is -2.35. The van der Waals surface area contributed by atoms with Crippen LogP contribution in [0.3, 0.4) is 0 Å².